The minimum atomic E-state index is -0.508. The van der Waals surface area contributed by atoms with E-state index < -0.39 is 4.92 Å². The zero-order valence-corrected chi connectivity index (χ0v) is 13.7. The number of nitrogens with zero attached hydrogens (tertiary/aromatic N) is 2. The second-order valence-electron chi connectivity index (χ2n) is 5.92. The van der Waals surface area contributed by atoms with Gasteiger partial charge in [0.2, 0.25) is 0 Å². The maximum absolute atomic E-state index is 11.0. The third kappa shape index (κ3) is 2.75. The molecule has 0 spiro atoms. The van der Waals surface area contributed by atoms with Gasteiger partial charge in [-0.1, -0.05) is 48.5 Å². The lowest BCUT2D eigenvalue weighted by atomic mass is 9.97. The second kappa shape index (κ2) is 6.29. The van der Waals surface area contributed by atoms with E-state index in [0.717, 1.165) is 27.1 Å². The molecule has 0 amide bonds. The molecule has 0 fully saturated rings. The van der Waals surface area contributed by atoms with Gasteiger partial charge in [-0.05, 0) is 33.7 Å². The van der Waals surface area contributed by atoms with Gasteiger partial charge >= 0.3 is 0 Å². The number of phenolic OH excluding ortho intramolecular Hbond substituents is 1. The van der Waals surface area contributed by atoms with Crippen molar-refractivity contribution >= 4 is 39.1 Å². The van der Waals surface area contributed by atoms with Gasteiger partial charge in [0.15, 0.2) is 0 Å². The fraction of sp³-hybridized carbons (Fsp3) is 0. The molecule has 126 valence electrons. The SMILES string of the molecule is O=[N+]([O-])c1ccc(O)c(N=Cc2c3ccccc3cc3ccccc23)c1. The average molecular weight is 342 g/mol. The molecule has 0 radical (unpaired) electrons. The van der Waals surface area contributed by atoms with Gasteiger partial charge in [-0.15, -0.1) is 0 Å². The molecule has 0 unspecified atom stereocenters. The van der Waals surface area contributed by atoms with Crippen molar-refractivity contribution in [2.45, 2.75) is 0 Å². The molecule has 0 atom stereocenters. The number of fused-ring (bicyclic) bond motifs is 2. The molecule has 0 saturated heterocycles. The van der Waals surface area contributed by atoms with Crippen LogP contribution in [0.2, 0.25) is 0 Å². The molecule has 4 aromatic carbocycles. The van der Waals surface area contributed by atoms with Crippen molar-refractivity contribution in [3.05, 3.63) is 88.5 Å². The fourth-order valence-corrected chi connectivity index (χ4v) is 3.05. The van der Waals surface area contributed by atoms with E-state index in [1.807, 2.05) is 48.5 Å². The fourth-order valence-electron chi connectivity index (χ4n) is 3.05. The summed E-state index contributed by atoms with van der Waals surface area (Å²) in [6, 6.07) is 21.9. The summed E-state index contributed by atoms with van der Waals surface area (Å²) in [6.07, 6.45) is 1.66. The predicted octanol–water partition coefficient (Wildman–Crippen LogP) is 5.36. The van der Waals surface area contributed by atoms with Crippen molar-refractivity contribution in [2.24, 2.45) is 4.99 Å². The number of nitro benzene ring substituents is 1. The quantitative estimate of drug-likeness (QED) is 0.236. The third-order valence-electron chi connectivity index (χ3n) is 4.32. The Bertz CT molecular complexity index is 1130. The van der Waals surface area contributed by atoms with Crippen LogP contribution in [-0.2, 0) is 0 Å². The molecule has 0 aromatic heterocycles. The van der Waals surface area contributed by atoms with Gasteiger partial charge in [0.25, 0.3) is 5.69 Å². The highest BCUT2D eigenvalue weighted by molar-refractivity contribution is 6.13. The van der Waals surface area contributed by atoms with E-state index in [0.29, 0.717) is 0 Å². The predicted molar refractivity (Wildman–Crippen MR) is 103 cm³/mol. The van der Waals surface area contributed by atoms with Crippen molar-refractivity contribution in [2.75, 3.05) is 0 Å². The Morgan fingerprint density at radius 2 is 1.50 bits per heavy atom. The summed E-state index contributed by atoms with van der Waals surface area (Å²) in [5, 5.41) is 25.2. The van der Waals surface area contributed by atoms with Gasteiger partial charge in [0.05, 0.1) is 4.92 Å². The average Bonchev–Trinajstić information content (AvgIpc) is 2.66. The molecule has 0 heterocycles. The van der Waals surface area contributed by atoms with E-state index in [1.54, 1.807) is 6.21 Å². The number of rotatable bonds is 3. The maximum Gasteiger partial charge on any atom is 0.271 e. The first-order chi connectivity index (χ1) is 12.6. The zero-order chi connectivity index (χ0) is 18.1. The molecule has 5 nitrogen and oxygen atoms in total. The number of aromatic hydroxyl groups is 1. The van der Waals surface area contributed by atoms with E-state index in [2.05, 4.69) is 11.1 Å². The number of benzene rings is 4. The van der Waals surface area contributed by atoms with E-state index in [4.69, 9.17) is 0 Å². The van der Waals surface area contributed by atoms with Gasteiger partial charge in [0, 0.05) is 23.9 Å². The van der Waals surface area contributed by atoms with Crippen LogP contribution in [0.1, 0.15) is 5.56 Å². The number of hydrogen-bond acceptors (Lipinski definition) is 4. The van der Waals surface area contributed by atoms with Crippen molar-refractivity contribution in [1.29, 1.82) is 0 Å². The summed E-state index contributed by atoms with van der Waals surface area (Å²) in [4.78, 5) is 14.8. The van der Waals surface area contributed by atoms with Gasteiger partial charge in [-0.2, -0.15) is 0 Å². The van der Waals surface area contributed by atoms with Crippen LogP contribution >= 0.6 is 0 Å². The van der Waals surface area contributed by atoms with Crippen molar-refractivity contribution in [3.8, 4) is 5.75 Å². The summed E-state index contributed by atoms with van der Waals surface area (Å²) in [5.74, 6) is -0.101. The number of phenols is 1. The largest absolute Gasteiger partial charge is 0.506 e. The minimum Gasteiger partial charge on any atom is -0.506 e. The van der Waals surface area contributed by atoms with Crippen LogP contribution in [0.3, 0.4) is 0 Å². The van der Waals surface area contributed by atoms with E-state index in [1.165, 1.54) is 18.2 Å². The lowest BCUT2D eigenvalue weighted by molar-refractivity contribution is -0.384. The lowest BCUT2D eigenvalue weighted by Crippen LogP contribution is -1.89. The smallest absolute Gasteiger partial charge is 0.271 e. The van der Waals surface area contributed by atoms with E-state index >= 15 is 0 Å². The molecule has 0 aliphatic heterocycles. The molecule has 0 bridgehead atoms. The summed E-state index contributed by atoms with van der Waals surface area (Å²) in [6.45, 7) is 0. The first kappa shape index (κ1) is 15.8. The Kier molecular flexibility index (Phi) is 3.82. The van der Waals surface area contributed by atoms with Gasteiger partial charge < -0.3 is 5.11 Å². The normalized spacial score (nSPS) is 11.4. The third-order valence-corrected chi connectivity index (χ3v) is 4.32. The van der Waals surface area contributed by atoms with Gasteiger partial charge in [-0.3, -0.25) is 15.1 Å². The first-order valence-corrected chi connectivity index (χ1v) is 8.05. The van der Waals surface area contributed by atoms with Gasteiger partial charge in [0.1, 0.15) is 11.4 Å². The van der Waals surface area contributed by atoms with E-state index in [-0.39, 0.29) is 17.1 Å². The highest BCUT2D eigenvalue weighted by Gasteiger charge is 2.10. The zero-order valence-electron chi connectivity index (χ0n) is 13.7. The minimum absolute atomic E-state index is 0.101. The Morgan fingerprint density at radius 1 is 0.885 bits per heavy atom. The van der Waals surface area contributed by atoms with Crippen LogP contribution in [0.15, 0.2) is 77.8 Å². The molecule has 0 saturated carbocycles. The molecular weight excluding hydrogens is 328 g/mol. The summed E-state index contributed by atoms with van der Waals surface area (Å²) < 4.78 is 0. The lowest BCUT2D eigenvalue weighted by Gasteiger charge is -2.08. The Balaban J connectivity index is 1.92. The molecule has 0 aliphatic rings. The number of aliphatic imine (C=N–C) groups is 1. The molecule has 4 rings (SSSR count). The number of non-ortho nitro benzene ring substituents is 1. The van der Waals surface area contributed by atoms with Crippen molar-refractivity contribution < 1.29 is 10.0 Å². The highest BCUT2D eigenvalue weighted by Crippen LogP contribution is 2.32. The molecule has 0 aliphatic carbocycles. The standard InChI is InChI=1S/C21H14N2O3/c24-21-10-9-16(23(25)26)12-20(21)22-13-19-17-7-3-1-5-14(17)11-15-6-2-4-8-18(15)19/h1-13,24H. The summed E-state index contributed by atoms with van der Waals surface area (Å²) >= 11 is 0. The monoisotopic (exact) mass is 342 g/mol. The van der Waals surface area contributed by atoms with Crippen LogP contribution in [-0.4, -0.2) is 16.2 Å². The van der Waals surface area contributed by atoms with Crippen molar-refractivity contribution in [3.63, 3.8) is 0 Å². The molecule has 26 heavy (non-hydrogen) atoms. The molecule has 5 heteroatoms. The highest BCUT2D eigenvalue weighted by atomic mass is 16.6. The van der Waals surface area contributed by atoms with Crippen LogP contribution < -0.4 is 0 Å². The van der Waals surface area contributed by atoms with Crippen LogP contribution in [0, 0.1) is 10.1 Å². The van der Waals surface area contributed by atoms with Crippen LogP contribution in [0.4, 0.5) is 11.4 Å². The van der Waals surface area contributed by atoms with Gasteiger partial charge in [-0.25, -0.2) is 0 Å². The Hall–Kier alpha value is -3.73. The number of hydrogen-bond donors (Lipinski definition) is 1. The Morgan fingerprint density at radius 3 is 2.12 bits per heavy atom. The topological polar surface area (TPSA) is 75.7 Å². The second-order valence-corrected chi connectivity index (χ2v) is 5.92. The molecule has 1 N–H and O–H groups in total. The van der Waals surface area contributed by atoms with Crippen molar-refractivity contribution in [1.82, 2.24) is 0 Å². The summed E-state index contributed by atoms with van der Waals surface area (Å²) in [5.41, 5.74) is 0.957. The van der Waals surface area contributed by atoms with E-state index in [9.17, 15) is 15.2 Å². The summed E-state index contributed by atoms with van der Waals surface area (Å²) in [7, 11) is 0. The van der Waals surface area contributed by atoms with Crippen LogP contribution in [0.5, 0.6) is 5.75 Å². The number of nitro groups is 1. The molecule has 4 aromatic rings. The van der Waals surface area contributed by atoms with Crippen LogP contribution in [0.25, 0.3) is 21.5 Å². The molecular formula is C21H14N2O3. The maximum atomic E-state index is 11.0. The first-order valence-electron chi connectivity index (χ1n) is 8.05. The Labute approximate surface area is 149 Å².